The predicted octanol–water partition coefficient (Wildman–Crippen LogP) is 2.45. The second-order valence-electron chi connectivity index (χ2n) is 5.11. The maximum Gasteiger partial charge on any atom is 0.338 e. The van der Waals surface area contributed by atoms with Crippen molar-refractivity contribution < 1.29 is 23.9 Å². The molecule has 0 heterocycles. The summed E-state index contributed by atoms with van der Waals surface area (Å²) in [6.07, 6.45) is 0. The Labute approximate surface area is 144 Å². The molecule has 0 spiro atoms. The lowest BCUT2D eigenvalue weighted by atomic mass is 10.2. The van der Waals surface area contributed by atoms with Gasteiger partial charge in [-0.3, -0.25) is 9.59 Å². The van der Waals surface area contributed by atoms with Gasteiger partial charge in [0.1, 0.15) is 5.75 Å². The molecule has 0 saturated carbocycles. The molecule has 0 unspecified atom stereocenters. The zero-order valence-corrected chi connectivity index (χ0v) is 13.9. The third-order valence-corrected chi connectivity index (χ3v) is 3.13. The fourth-order valence-corrected chi connectivity index (χ4v) is 2.01. The Bertz CT molecular complexity index is 771. The molecule has 0 fully saturated rings. The number of carbonyl (C=O) groups excluding carboxylic acids is 3. The quantitative estimate of drug-likeness (QED) is 0.787. The molecule has 0 aliphatic rings. The molecule has 130 valence electrons. The Hall–Kier alpha value is -3.35. The zero-order valence-electron chi connectivity index (χ0n) is 13.9. The average Bonchev–Trinajstić information content (AvgIpc) is 2.60. The van der Waals surface area contributed by atoms with Crippen molar-refractivity contribution in [1.82, 2.24) is 0 Å². The number of nitrogens with one attached hydrogen (secondary N) is 2. The normalized spacial score (nSPS) is 9.84. The van der Waals surface area contributed by atoms with Crippen LogP contribution in [0.1, 0.15) is 17.3 Å². The van der Waals surface area contributed by atoms with E-state index < -0.39 is 18.5 Å². The van der Waals surface area contributed by atoms with Crippen LogP contribution in [0, 0.1) is 0 Å². The van der Waals surface area contributed by atoms with Gasteiger partial charge in [-0.1, -0.05) is 6.07 Å². The van der Waals surface area contributed by atoms with Gasteiger partial charge in [-0.05, 0) is 42.5 Å². The van der Waals surface area contributed by atoms with Crippen LogP contribution in [0.25, 0.3) is 0 Å². The molecule has 2 N–H and O–H groups in total. The molecule has 0 aromatic heterocycles. The number of carbonyl (C=O) groups is 3. The first-order valence-corrected chi connectivity index (χ1v) is 7.46. The largest absolute Gasteiger partial charge is 0.497 e. The van der Waals surface area contributed by atoms with E-state index in [1.54, 1.807) is 43.5 Å². The highest BCUT2D eigenvalue weighted by atomic mass is 16.5. The smallest absolute Gasteiger partial charge is 0.338 e. The topological polar surface area (TPSA) is 93.7 Å². The van der Waals surface area contributed by atoms with Gasteiger partial charge in [0, 0.05) is 18.3 Å². The molecular weight excluding hydrogens is 324 g/mol. The van der Waals surface area contributed by atoms with Gasteiger partial charge in [-0.2, -0.15) is 0 Å². The Balaban J connectivity index is 1.88. The lowest BCUT2D eigenvalue weighted by Gasteiger charge is -2.08. The molecule has 0 saturated heterocycles. The number of esters is 1. The average molecular weight is 342 g/mol. The van der Waals surface area contributed by atoms with Crippen molar-refractivity contribution in [3.63, 3.8) is 0 Å². The first-order chi connectivity index (χ1) is 12.0. The van der Waals surface area contributed by atoms with Crippen LogP contribution in [-0.2, 0) is 14.3 Å². The van der Waals surface area contributed by atoms with Crippen LogP contribution in [0.4, 0.5) is 11.4 Å². The van der Waals surface area contributed by atoms with Gasteiger partial charge in [-0.15, -0.1) is 0 Å². The summed E-state index contributed by atoms with van der Waals surface area (Å²) in [6, 6.07) is 13.0. The Kier molecular flexibility index (Phi) is 6.11. The van der Waals surface area contributed by atoms with E-state index >= 15 is 0 Å². The SMILES string of the molecule is COc1ccc(NC(=O)COC(=O)c2cccc(NC(C)=O)c2)cc1. The molecule has 0 bridgehead atoms. The van der Waals surface area contributed by atoms with Crippen molar-refractivity contribution in [2.75, 3.05) is 24.4 Å². The van der Waals surface area contributed by atoms with Crippen LogP contribution >= 0.6 is 0 Å². The van der Waals surface area contributed by atoms with Crippen LogP contribution in [0.15, 0.2) is 48.5 Å². The van der Waals surface area contributed by atoms with Gasteiger partial charge in [0.15, 0.2) is 6.61 Å². The maximum atomic E-state index is 12.0. The highest BCUT2D eigenvalue weighted by Crippen LogP contribution is 2.15. The summed E-state index contributed by atoms with van der Waals surface area (Å²) >= 11 is 0. The van der Waals surface area contributed by atoms with Crippen LogP contribution in [-0.4, -0.2) is 31.5 Å². The number of benzene rings is 2. The highest BCUT2D eigenvalue weighted by Gasteiger charge is 2.11. The second-order valence-corrected chi connectivity index (χ2v) is 5.11. The Morgan fingerprint density at radius 2 is 1.68 bits per heavy atom. The molecule has 0 atom stereocenters. The van der Waals surface area contributed by atoms with Crippen molar-refractivity contribution in [3.05, 3.63) is 54.1 Å². The van der Waals surface area contributed by atoms with Crippen LogP contribution in [0.3, 0.4) is 0 Å². The van der Waals surface area contributed by atoms with E-state index in [9.17, 15) is 14.4 Å². The minimum atomic E-state index is -0.655. The first kappa shape index (κ1) is 18.0. The van der Waals surface area contributed by atoms with Gasteiger partial charge < -0.3 is 20.1 Å². The van der Waals surface area contributed by atoms with E-state index in [0.29, 0.717) is 17.1 Å². The van der Waals surface area contributed by atoms with E-state index in [-0.39, 0.29) is 11.5 Å². The molecule has 0 aliphatic heterocycles. The molecule has 25 heavy (non-hydrogen) atoms. The standard InChI is InChI=1S/C18H18N2O5/c1-12(21)19-15-5-3-4-13(10-15)18(23)25-11-17(22)20-14-6-8-16(24-2)9-7-14/h3-10H,11H2,1-2H3,(H,19,21)(H,20,22). The second kappa shape index (κ2) is 8.49. The van der Waals surface area contributed by atoms with Gasteiger partial charge >= 0.3 is 5.97 Å². The molecule has 2 rings (SSSR count). The molecule has 2 amide bonds. The highest BCUT2D eigenvalue weighted by molar-refractivity contribution is 5.96. The molecule has 7 nitrogen and oxygen atoms in total. The zero-order chi connectivity index (χ0) is 18.2. The van der Waals surface area contributed by atoms with Crippen molar-refractivity contribution in [2.45, 2.75) is 6.92 Å². The van der Waals surface area contributed by atoms with Crippen molar-refractivity contribution in [3.8, 4) is 5.75 Å². The summed E-state index contributed by atoms with van der Waals surface area (Å²) in [5.41, 5.74) is 1.28. The van der Waals surface area contributed by atoms with Gasteiger partial charge in [0.2, 0.25) is 5.91 Å². The molecular formula is C18H18N2O5. The number of hydrogen-bond acceptors (Lipinski definition) is 5. The lowest BCUT2D eigenvalue weighted by molar-refractivity contribution is -0.119. The molecule has 2 aromatic carbocycles. The van der Waals surface area contributed by atoms with Crippen molar-refractivity contribution >= 4 is 29.2 Å². The summed E-state index contributed by atoms with van der Waals surface area (Å²) < 4.78 is 10.0. The third-order valence-electron chi connectivity index (χ3n) is 3.13. The maximum absolute atomic E-state index is 12.0. The van der Waals surface area contributed by atoms with E-state index in [2.05, 4.69) is 10.6 Å². The number of amides is 2. The monoisotopic (exact) mass is 342 g/mol. The van der Waals surface area contributed by atoms with Gasteiger partial charge in [0.05, 0.1) is 12.7 Å². The summed E-state index contributed by atoms with van der Waals surface area (Å²) in [4.78, 5) is 34.9. The van der Waals surface area contributed by atoms with E-state index in [1.807, 2.05) is 0 Å². The summed E-state index contributed by atoms with van der Waals surface area (Å²) in [6.45, 7) is 0.948. The summed E-state index contributed by atoms with van der Waals surface area (Å²) in [5, 5.41) is 5.18. The van der Waals surface area contributed by atoms with Crippen molar-refractivity contribution in [1.29, 1.82) is 0 Å². The number of rotatable bonds is 6. The predicted molar refractivity (Wildman–Crippen MR) is 92.7 cm³/mol. The number of ether oxygens (including phenoxy) is 2. The minimum absolute atomic E-state index is 0.239. The van der Waals surface area contributed by atoms with Crippen LogP contribution < -0.4 is 15.4 Å². The van der Waals surface area contributed by atoms with Crippen molar-refractivity contribution in [2.24, 2.45) is 0 Å². The van der Waals surface area contributed by atoms with Crippen LogP contribution in [0.5, 0.6) is 5.75 Å². The van der Waals surface area contributed by atoms with E-state index in [0.717, 1.165) is 0 Å². The molecule has 0 aliphatic carbocycles. The lowest BCUT2D eigenvalue weighted by Crippen LogP contribution is -2.21. The number of hydrogen-bond donors (Lipinski definition) is 2. The number of anilines is 2. The first-order valence-electron chi connectivity index (χ1n) is 7.46. The summed E-state index contributed by atoms with van der Waals surface area (Å²) in [5.74, 6) is -0.693. The van der Waals surface area contributed by atoms with Gasteiger partial charge in [0.25, 0.3) is 5.91 Å². The van der Waals surface area contributed by atoms with E-state index in [1.165, 1.54) is 19.1 Å². The molecule has 0 radical (unpaired) electrons. The fraction of sp³-hybridized carbons (Fsp3) is 0.167. The van der Waals surface area contributed by atoms with Gasteiger partial charge in [-0.25, -0.2) is 4.79 Å². The Morgan fingerprint density at radius 3 is 2.32 bits per heavy atom. The molecule has 2 aromatic rings. The minimum Gasteiger partial charge on any atom is -0.497 e. The van der Waals surface area contributed by atoms with Crippen LogP contribution in [0.2, 0.25) is 0 Å². The third kappa shape index (κ3) is 5.65. The Morgan fingerprint density at radius 1 is 0.960 bits per heavy atom. The molecule has 7 heteroatoms. The van der Waals surface area contributed by atoms with E-state index in [4.69, 9.17) is 9.47 Å². The summed E-state index contributed by atoms with van der Waals surface area (Å²) in [7, 11) is 1.55. The number of methoxy groups -OCH3 is 1. The fourth-order valence-electron chi connectivity index (χ4n) is 2.01.